The van der Waals surface area contributed by atoms with Gasteiger partial charge in [0.1, 0.15) is 0 Å². The number of anilines is 1. The minimum Gasteiger partial charge on any atom is -0.356 e. The minimum absolute atomic E-state index is 0.771. The molecule has 1 heterocycles. The van der Waals surface area contributed by atoms with Gasteiger partial charge in [-0.3, -0.25) is 0 Å². The maximum absolute atomic E-state index is 4.22. The summed E-state index contributed by atoms with van der Waals surface area (Å²) in [6, 6.07) is 18.6. The van der Waals surface area contributed by atoms with Crippen LogP contribution in [0.1, 0.15) is 11.1 Å². The zero-order valence-electron chi connectivity index (χ0n) is 11.7. The van der Waals surface area contributed by atoms with Crippen molar-refractivity contribution in [2.75, 3.05) is 5.32 Å². The number of thioether (sulfide) groups is 1. The quantitative estimate of drug-likeness (QED) is 0.585. The molecule has 0 atom stereocenters. The highest BCUT2D eigenvalue weighted by Gasteiger charge is 2.05. The molecule has 0 aliphatic carbocycles. The van der Waals surface area contributed by atoms with Gasteiger partial charge in [0.25, 0.3) is 0 Å². The normalized spacial score (nSPS) is 10.6. The van der Waals surface area contributed by atoms with E-state index >= 15 is 0 Å². The van der Waals surface area contributed by atoms with Gasteiger partial charge in [-0.25, -0.2) is 0 Å². The lowest BCUT2D eigenvalue weighted by Crippen LogP contribution is -1.98. The van der Waals surface area contributed by atoms with Gasteiger partial charge in [0, 0.05) is 16.8 Å². The van der Waals surface area contributed by atoms with Gasteiger partial charge in [0.2, 0.25) is 5.13 Å². The number of halogens is 1. The van der Waals surface area contributed by atoms with Crippen molar-refractivity contribution in [1.29, 1.82) is 0 Å². The number of benzene rings is 2. The van der Waals surface area contributed by atoms with Crippen LogP contribution in [0, 0.1) is 0 Å². The van der Waals surface area contributed by atoms with Crippen LogP contribution >= 0.6 is 39.0 Å². The largest absolute Gasteiger partial charge is 0.356 e. The maximum Gasteiger partial charge on any atom is 0.206 e. The predicted octanol–water partition coefficient (Wildman–Crippen LogP) is 5.21. The lowest BCUT2D eigenvalue weighted by molar-refractivity contribution is 0.995. The topological polar surface area (TPSA) is 37.8 Å². The summed E-state index contributed by atoms with van der Waals surface area (Å²) >= 11 is 6.75. The lowest BCUT2D eigenvalue weighted by atomic mass is 10.2. The number of hydrogen-bond donors (Lipinski definition) is 1. The number of nitrogens with zero attached hydrogens (tertiary/aromatic N) is 2. The summed E-state index contributed by atoms with van der Waals surface area (Å²) in [6.45, 7) is 0.771. The van der Waals surface area contributed by atoms with Crippen molar-refractivity contribution in [3.63, 3.8) is 0 Å². The van der Waals surface area contributed by atoms with Crippen molar-refractivity contribution in [2.24, 2.45) is 0 Å². The first-order valence-electron chi connectivity index (χ1n) is 6.78. The van der Waals surface area contributed by atoms with Crippen LogP contribution in [0.25, 0.3) is 0 Å². The van der Waals surface area contributed by atoms with Gasteiger partial charge in [0.15, 0.2) is 4.34 Å². The molecule has 0 aliphatic heterocycles. The molecule has 0 bridgehead atoms. The van der Waals surface area contributed by atoms with E-state index in [1.165, 1.54) is 11.1 Å². The van der Waals surface area contributed by atoms with Crippen molar-refractivity contribution < 1.29 is 0 Å². The van der Waals surface area contributed by atoms with Gasteiger partial charge in [-0.2, -0.15) is 0 Å². The van der Waals surface area contributed by atoms with Gasteiger partial charge in [-0.05, 0) is 23.3 Å². The minimum atomic E-state index is 0.771. The van der Waals surface area contributed by atoms with Crippen molar-refractivity contribution in [3.8, 4) is 0 Å². The van der Waals surface area contributed by atoms with Crippen LogP contribution in [0.5, 0.6) is 0 Å². The molecule has 1 N–H and O–H groups in total. The fraction of sp³-hybridized carbons (Fsp3) is 0.125. The molecule has 3 rings (SSSR count). The van der Waals surface area contributed by atoms with E-state index < -0.39 is 0 Å². The van der Waals surface area contributed by atoms with Crippen LogP contribution in [0.2, 0.25) is 0 Å². The summed E-state index contributed by atoms with van der Waals surface area (Å²) in [6.07, 6.45) is 0. The summed E-state index contributed by atoms with van der Waals surface area (Å²) in [5, 5.41) is 12.6. The van der Waals surface area contributed by atoms with E-state index in [2.05, 4.69) is 67.8 Å². The molecule has 3 aromatic rings. The van der Waals surface area contributed by atoms with Crippen molar-refractivity contribution in [3.05, 3.63) is 70.2 Å². The third-order valence-electron chi connectivity index (χ3n) is 2.97. The number of aromatic nitrogens is 2. The monoisotopic (exact) mass is 391 g/mol. The van der Waals surface area contributed by atoms with Crippen LogP contribution in [-0.4, -0.2) is 10.2 Å². The van der Waals surface area contributed by atoms with Crippen molar-refractivity contribution in [2.45, 2.75) is 16.6 Å². The Morgan fingerprint density at radius 1 is 0.955 bits per heavy atom. The summed E-state index contributed by atoms with van der Waals surface area (Å²) in [5.74, 6) is 0.903. The molecule has 0 unspecified atom stereocenters. The van der Waals surface area contributed by atoms with Crippen LogP contribution in [-0.2, 0) is 12.3 Å². The molecule has 0 aliphatic rings. The van der Waals surface area contributed by atoms with E-state index in [1.54, 1.807) is 23.1 Å². The second-order valence-electron chi connectivity index (χ2n) is 4.63. The number of hydrogen-bond acceptors (Lipinski definition) is 5. The highest BCUT2D eigenvalue weighted by molar-refractivity contribution is 9.10. The molecule has 0 amide bonds. The van der Waals surface area contributed by atoms with Crippen LogP contribution in [0.3, 0.4) is 0 Å². The molecule has 2 aromatic carbocycles. The second kappa shape index (κ2) is 7.76. The molecule has 0 spiro atoms. The zero-order valence-corrected chi connectivity index (χ0v) is 14.9. The van der Waals surface area contributed by atoms with E-state index in [0.717, 1.165) is 26.2 Å². The van der Waals surface area contributed by atoms with Gasteiger partial charge in [-0.1, -0.05) is 81.5 Å². The SMILES string of the molecule is Brc1ccc(CSc2nnc(NCc3ccccc3)s2)cc1. The van der Waals surface area contributed by atoms with Crippen molar-refractivity contribution >= 4 is 44.2 Å². The van der Waals surface area contributed by atoms with Gasteiger partial charge in [-0.15, -0.1) is 10.2 Å². The van der Waals surface area contributed by atoms with Crippen LogP contribution in [0.4, 0.5) is 5.13 Å². The Morgan fingerprint density at radius 3 is 2.50 bits per heavy atom. The van der Waals surface area contributed by atoms with E-state index in [0.29, 0.717) is 0 Å². The van der Waals surface area contributed by atoms with E-state index in [-0.39, 0.29) is 0 Å². The first-order chi connectivity index (χ1) is 10.8. The highest BCUT2D eigenvalue weighted by atomic mass is 79.9. The lowest BCUT2D eigenvalue weighted by Gasteiger charge is -2.01. The third-order valence-corrected chi connectivity index (χ3v) is 5.58. The van der Waals surface area contributed by atoms with Crippen LogP contribution < -0.4 is 5.32 Å². The number of nitrogens with one attached hydrogen (secondary N) is 1. The van der Waals surface area contributed by atoms with E-state index in [4.69, 9.17) is 0 Å². The molecule has 0 saturated heterocycles. The Morgan fingerprint density at radius 2 is 1.73 bits per heavy atom. The summed E-state index contributed by atoms with van der Waals surface area (Å²) in [7, 11) is 0. The first kappa shape index (κ1) is 15.5. The smallest absolute Gasteiger partial charge is 0.206 e. The Hall–Kier alpha value is -1.37. The molecule has 3 nitrogen and oxygen atoms in total. The zero-order chi connectivity index (χ0) is 15.2. The van der Waals surface area contributed by atoms with Crippen molar-refractivity contribution in [1.82, 2.24) is 10.2 Å². The summed E-state index contributed by atoms with van der Waals surface area (Å²) in [4.78, 5) is 0. The Kier molecular flexibility index (Phi) is 5.48. The molecular formula is C16H14BrN3S2. The van der Waals surface area contributed by atoms with E-state index in [9.17, 15) is 0 Å². The fourth-order valence-electron chi connectivity index (χ4n) is 1.84. The Labute approximate surface area is 146 Å². The Bertz CT molecular complexity index is 714. The highest BCUT2D eigenvalue weighted by Crippen LogP contribution is 2.28. The molecule has 0 radical (unpaired) electrons. The predicted molar refractivity (Wildman–Crippen MR) is 97.4 cm³/mol. The average molecular weight is 392 g/mol. The molecule has 0 fully saturated rings. The molecule has 0 saturated carbocycles. The van der Waals surface area contributed by atoms with Crippen LogP contribution in [0.15, 0.2) is 63.4 Å². The summed E-state index contributed by atoms with van der Waals surface area (Å²) in [5.41, 5.74) is 2.52. The number of rotatable bonds is 6. The Balaban J connectivity index is 1.51. The maximum atomic E-state index is 4.22. The van der Waals surface area contributed by atoms with Gasteiger partial charge in [0.05, 0.1) is 0 Å². The molecule has 22 heavy (non-hydrogen) atoms. The van der Waals surface area contributed by atoms with E-state index in [1.807, 2.05) is 18.2 Å². The van der Waals surface area contributed by atoms with Gasteiger partial charge >= 0.3 is 0 Å². The molecule has 112 valence electrons. The van der Waals surface area contributed by atoms with Gasteiger partial charge < -0.3 is 5.32 Å². The molecular weight excluding hydrogens is 378 g/mol. The molecule has 1 aromatic heterocycles. The standard InChI is InChI=1S/C16H14BrN3S2/c17-14-8-6-13(7-9-14)11-21-16-20-19-15(22-16)18-10-12-4-2-1-3-5-12/h1-9H,10-11H2,(H,18,19). The second-order valence-corrected chi connectivity index (χ2v) is 7.74. The average Bonchev–Trinajstić information content (AvgIpc) is 3.01. The first-order valence-corrected chi connectivity index (χ1v) is 9.38. The summed E-state index contributed by atoms with van der Waals surface area (Å²) < 4.78 is 2.09. The fourth-order valence-corrected chi connectivity index (χ4v) is 3.81. The third kappa shape index (κ3) is 4.56. The molecule has 6 heteroatoms.